The molecule has 0 spiro atoms. The lowest BCUT2D eigenvalue weighted by Crippen LogP contribution is -2.45. The second-order valence-corrected chi connectivity index (χ2v) is 5.74. The third-order valence-corrected chi connectivity index (χ3v) is 4.39. The molecule has 8 heteroatoms. The van der Waals surface area contributed by atoms with E-state index in [0.29, 0.717) is 10.6 Å². The molecule has 2 unspecified atom stereocenters. The maximum Gasteiger partial charge on any atom is 0.263 e. The average molecular weight is 293 g/mol. The number of hydrogen-bond acceptors (Lipinski definition) is 6. The van der Waals surface area contributed by atoms with Crippen molar-refractivity contribution in [2.45, 2.75) is 37.8 Å². The van der Waals surface area contributed by atoms with Crippen LogP contribution in [0.5, 0.6) is 0 Å². The lowest BCUT2D eigenvalue weighted by molar-refractivity contribution is 0.0720. The zero-order chi connectivity index (χ0) is 13.9. The van der Waals surface area contributed by atoms with Crippen molar-refractivity contribution >= 4 is 17.2 Å². The van der Waals surface area contributed by atoms with E-state index in [9.17, 15) is 9.90 Å². The summed E-state index contributed by atoms with van der Waals surface area (Å²) in [5, 5.41) is 25.6. The van der Waals surface area contributed by atoms with Crippen LogP contribution in [-0.4, -0.2) is 43.4 Å². The van der Waals surface area contributed by atoms with Crippen LogP contribution in [-0.2, 0) is 0 Å². The molecular formula is C12H15N5O2S. The molecule has 1 fully saturated rings. The smallest absolute Gasteiger partial charge is 0.263 e. The van der Waals surface area contributed by atoms with Crippen molar-refractivity contribution in [1.82, 2.24) is 25.5 Å². The summed E-state index contributed by atoms with van der Waals surface area (Å²) in [6.07, 6.45) is 4.61. The van der Waals surface area contributed by atoms with E-state index in [-0.39, 0.29) is 11.9 Å². The third kappa shape index (κ3) is 2.56. The molecule has 0 aromatic carbocycles. The molecule has 2 aromatic rings. The number of rotatable bonds is 3. The number of carbonyl (C=O) groups excluding carboxylic acids is 1. The Hall–Kier alpha value is -1.80. The molecule has 2 heterocycles. The minimum Gasteiger partial charge on any atom is -0.391 e. The lowest BCUT2D eigenvalue weighted by atomic mass is 9.92. The highest BCUT2D eigenvalue weighted by Gasteiger charge is 2.26. The zero-order valence-electron chi connectivity index (χ0n) is 10.8. The summed E-state index contributed by atoms with van der Waals surface area (Å²) in [7, 11) is 0. The van der Waals surface area contributed by atoms with Gasteiger partial charge in [-0.25, -0.2) is 0 Å². The minimum atomic E-state index is -0.454. The van der Waals surface area contributed by atoms with Crippen LogP contribution < -0.4 is 5.32 Å². The van der Waals surface area contributed by atoms with Gasteiger partial charge in [-0.3, -0.25) is 4.79 Å². The Labute approximate surface area is 119 Å². The van der Waals surface area contributed by atoms with Crippen molar-refractivity contribution in [2.75, 3.05) is 0 Å². The first-order chi connectivity index (χ1) is 9.75. The molecule has 1 saturated carbocycles. The molecule has 7 nitrogen and oxygen atoms in total. The number of aliphatic hydroxyl groups excluding tert-OH is 1. The van der Waals surface area contributed by atoms with Crippen molar-refractivity contribution < 1.29 is 9.90 Å². The van der Waals surface area contributed by atoms with Gasteiger partial charge in [0.2, 0.25) is 0 Å². The molecule has 106 valence electrons. The molecule has 2 N–H and O–H groups in total. The summed E-state index contributed by atoms with van der Waals surface area (Å²) < 4.78 is 1.46. The predicted octanol–water partition coefficient (Wildman–Crippen LogP) is 0.757. The van der Waals surface area contributed by atoms with E-state index in [1.165, 1.54) is 22.3 Å². The molecule has 2 atom stereocenters. The summed E-state index contributed by atoms with van der Waals surface area (Å²) in [6, 6.07) is 1.63. The second kappa shape index (κ2) is 5.68. The summed E-state index contributed by atoms with van der Waals surface area (Å²) in [5.74, 6) is -0.184. The van der Waals surface area contributed by atoms with Crippen LogP contribution in [0.25, 0.3) is 5.69 Å². The largest absolute Gasteiger partial charge is 0.391 e. The van der Waals surface area contributed by atoms with Crippen molar-refractivity contribution in [3.05, 3.63) is 22.7 Å². The van der Waals surface area contributed by atoms with Gasteiger partial charge in [0.05, 0.1) is 17.8 Å². The lowest BCUT2D eigenvalue weighted by Gasteiger charge is -2.28. The molecule has 20 heavy (non-hydrogen) atoms. The molecule has 0 radical (unpaired) electrons. The van der Waals surface area contributed by atoms with E-state index in [1.54, 1.807) is 6.07 Å². The van der Waals surface area contributed by atoms with Gasteiger partial charge in [0.1, 0.15) is 11.2 Å². The summed E-state index contributed by atoms with van der Waals surface area (Å²) in [5.41, 5.74) is 0.655. The first-order valence-electron chi connectivity index (χ1n) is 6.55. The van der Waals surface area contributed by atoms with E-state index >= 15 is 0 Å². The van der Waals surface area contributed by atoms with Crippen LogP contribution >= 0.6 is 11.3 Å². The molecular weight excluding hydrogens is 278 g/mol. The van der Waals surface area contributed by atoms with Gasteiger partial charge in [0.15, 0.2) is 0 Å². The summed E-state index contributed by atoms with van der Waals surface area (Å²) in [4.78, 5) is 12.9. The van der Waals surface area contributed by atoms with Crippen molar-refractivity contribution in [3.63, 3.8) is 0 Å². The van der Waals surface area contributed by atoms with E-state index in [1.807, 2.05) is 5.38 Å². The normalized spacial score (nSPS) is 22.6. The molecule has 0 bridgehead atoms. The van der Waals surface area contributed by atoms with Crippen molar-refractivity contribution in [2.24, 2.45) is 0 Å². The fourth-order valence-electron chi connectivity index (χ4n) is 2.44. The number of hydrogen-bond donors (Lipinski definition) is 2. The Kier molecular flexibility index (Phi) is 3.75. The Morgan fingerprint density at radius 2 is 2.30 bits per heavy atom. The minimum absolute atomic E-state index is 0.167. The highest BCUT2D eigenvalue weighted by Crippen LogP contribution is 2.22. The first kappa shape index (κ1) is 13.2. The van der Waals surface area contributed by atoms with Gasteiger partial charge >= 0.3 is 0 Å². The number of nitrogens with zero attached hydrogens (tertiary/aromatic N) is 4. The number of tetrazole rings is 1. The maximum atomic E-state index is 12.3. The molecule has 0 aliphatic heterocycles. The van der Waals surface area contributed by atoms with Crippen LogP contribution in [0.2, 0.25) is 0 Å². The molecule has 1 amide bonds. The Morgan fingerprint density at radius 1 is 1.45 bits per heavy atom. The van der Waals surface area contributed by atoms with Crippen LogP contribution in [0.15, 0.2) is 17.8 Å². The number of aromatic nitrogens is 4. The first-order valence-corrected chi connectivity index (χ1v) is 7.43. The van der Waals surface area contributed by atoms with Crippen molar-refractivity contribution in [3.8, 4) is 5.69 Å². The fourth-order valence-corrected chi connectivity index (χ4v) is 3.22. The number of thiophene rings is 1. The monoisotopic (exact) mass is 293 g/mol. The van der Waals surface area contributed by atoms with Crippen LogP contribution in [0, 0.1) is 0 Å². The molecule has 1 aliphatic carbocycles. The number of aliphatic hydroxyl groups is 1. The maximum absolute atomic E-state index is 12.3. The zero-order valence-corrected chi connectivity index (χ0v) is 11.6. The van der Waals surface area contributed by atoms with Gasteiger partial charge in [-0.15, -0.1) is 16.4 Å². The van der Waals surface area contributed by atoms with Gasteiger partial charge in [-0.1, -0.05) is 12.8 Å². The summed E-state index contributed by atoms with van der Waals surface area (Å²) in [6.45, 7) is 0. The van der Waals surface area contributed by atoms with Crippen LogP contribution in [0.1, 0.15) is 35.4 Å². The van der Waals surface area contributed by atoms with E-state index in [2.05, 4.69) is 20.8 Å². The molecule has 1 aliphatic rings. The Morgan fingerprint density at radius 3 is 3.05 bits per heavy atom. The highest BCUT2D eigenvalue weighted by molar-refractivity contribution is 7.12. The van der Waals surface area contributed by atoms with Crippen molar-refractivity contribution in [1.29, 1.82) is 0 Å². The molecule has 0 saturated heterocycles. The van der Waals surface area contributed by atoms with Gasteiger partial charge in [0, 0.05) is 0 Å². The number of carbonyl (C=O) groups is 1. The quantitative estimate of drug-likeness (QED) is 0.871. The SMILES string of the molecule is O=C(NC1CCCCC1O)c1sccc1-n1cnnn1. The molecule has 2 aromatic heterocycles. The number of nitrogens with one attached hydrogen (secondary N) is 1. The Balaban J connectivity index is 1.76. The van der Waals surface area contributed by atoms with E-state index < -0.39 is 6.10 Å². The van der Waals surface area contributed by atoms with E-state index in [0.717, 1.165) is 25.7 Å². The van der Waals surface area contributed by atoms with Gasteiger partial charge < -0.3 is 10.4 Å². The van der Waals surface area contributed by atoms with Gasteiger partial charge in [-0.2, -0.15) is 4.68 Å². The number of amides is 1. The Bertz CT molecular complexity index is 582. The van der Waals surface area contributed by atoms with Crippen LogP contribution in [0.4, 0.5) is 0 Å². The molecule has 3 rings (SSSR count). The topological polar surface area (TPSA) is 92.9 Å². The van der Waals surface area contributed by atoms with Gasteiger partial charge in [0.25, 0.3) is 5.91 Å². The fraction of sp³-hybridized carbons (Fsp3) is 0.500. The third-order valence-electron chi connectivity index (χ3n) is 3.49. The van der Waals surface area contributed by atoms with Crippen LogP contribution in [0.3, 0.4) is 0 Å². The summed E-state index contributed by atoms with van der Waals surface area (Å²) >= 11 is 1.34. The second-order valence-electron chi connectivity index (χ2n) is 4.82. The standard InChI is InChI=1S/C12H15N5O2S/c18-10-4-2-1-3-8(10)14-12(19)11-9(5-6-20-11)17-7-13-15-16-17/h5-8,10,18H,1-4H2,(H,14,19). The predicted molar refractivity (Wildman–Crippen MR) is 72.8 cm³/mol. The van der Waals surface area contributed by atoms with E-state index in [4.69, 9.17) is 0 Å². The average Bonchev–Trinajstić information content (AvgIpc) is 3.11. The van der Waals surface area contributed by atoms with Gasteiger partial charge in [-0.05, 0) is 34.7 Å². The highest BCUT2D eigenvalue weighted by atomic mass is 32.1.